The second kappa shape index (κ2) is 8.62. The molecular formula is C21H29N5. The predicted octanol–water partition coefficient (Wildman–Crippen LogP) is 1.43. The zero-order valence-electron chi connectivity index (χ0n) is 15.2. The minimum Gasteiger partial charge on any atom is -0.383 e. The first-order valence-electron chi connectivity index (χ1n) is 9.73. The first-order chi connectivity index (χ1) is 12.9. The van der Waals surface area contributed by atoms with Gasteiger partial charge in [-0.15, -0.1) is 0 Å². The van der Waals surface area contributed by atoms with Crippen LogP contribution in [0.2, 0.25) is 0 Å². The van der Waals surface area contributed by atoms with E-state index in [9.17, 15) is 0 Å². The quantitative estimate of drug-likeness (QED) is 0.464. The molecule has 0 saturated heterocycles. The zero-order valence-corrected chi connectivity index (χ0v) is 15.2. The van der Waals surface area contributed by atoms with Gasteiger partial charge in [0.05, 0.1) is 11.7 Å². The van der Waals surface area contributed by atoms with Gasteiger partial charge in [-0.3, -0.25) is 9.88 Å². The molecule has 138 valence electrons. The van der Waals surface area contributed by atoms with Crippen LogP contribution in [0.5, 0.6) is 0 Å². The summed E-state index contributed by atoms with van der Waals surface area (Å²) in [5, 5.41) is 10.7. The van der Waals surface area contributed by atoms with Crippen molar-refractivity contribution in [3.8, 4) is 0 Å². The topological polar surface area (TPSA) is 52.2 Å². The van der Waals surface area contributed by atoms with Gasteiger partial charge < -0.3 is 16.0 Å². The molecule has 1 saturated carbocycles. The summed E-state index contributed by atoms with van der Waals surface area (Å²) in [6.45, 7) is 4.87. The number of nitrogens with zero attached hydrogens (tertiary/aromatic N) is 2. The third kappa shape index (κ3) is 5.04. The number of pyridine rings is 1. The average Bonchev–Trinajstić information content (AvgIpc) is 3.46. The molecule has 0 aromatic carbocycles. The number of aromatic nitrogens is 1. The smallest absolute Gasteiger partial charge is 0.0566 e. The van der Waals surface area contributed by atoms with Gasteiger partial charge in [0.15, 0.2) is 0 Å². The molecule has 3 heterocycles. The van der Waals surface area contributed by atoms with Gasteiger partial charge in [-0.25, -0.2) is 0 Å². The maximum Gasteiger partial charge on any atom is 0.0566 e. The molecule has 26 heavy (non-hydrogen) atoms. The molecule has 5 nitrogen and oxygen atoms in total. The Balaban J connectivity index is 1.26. The molecule has 0 bridgehead atoms. The monoisotopic (exact) mass is 351 g/mol. The first-order valence-corrected chi connectivity index (χ1v) is 9.73. The lowest BCUT2D eigenvalue weighted by Gasteiger charge is -2.28. The standard InChI is InChI=1S/C21H29N5/c1-3-9-23-18(5-1)14-22-11-12-26(15-19-6-2-4-10-24-19)16-20-8-7-17-13-21(17)25-20/h1-10,17-18,20-23,25H,11-16H2. The highest BCUT2D eigenvalue weighted by Crippen LogP contribution is 2.34. The van der Waals surface area contributed by atoms with Gasteiger partial charge in [0.2, 0.25) is 0 Å². The Morgan fingerprint density at radius 1 is 1.15 bits per heavy atom. The highest BCUT2D eigenvalue weighted by molar-refractivity contribution is 5.16. The largest absolute Gasteiger partial charge is 0.383 e. The molecule has 1 fully saturated rings. The van der Waals surface area contributed by atoms with E-state index in [2.05, 4.69) is 62.3 Å². The Hall–Kier alpha value is -1.95. The van der Waals surface area contributed by atoms with E-state index in [1.54, 1.807) is 0 Å². The van der Waals surface area contributed by atoms with Crippen molar-refractivity contribution >= 4 is 0 Å². The Morgan fingerprint density at radius 3 is 2.96 bits per heavy atom. The molecular weight excluding hydrogens is 322 g/mol. The Bertz CT molecular complexity index is 654. The van der Waals surface area contributed by atoms with Gasteiger partial charge >= 0.3 is 0 Å². The fraction of sp³-hybridized carbons (Fsp3) is 0.476. The molecule has 4 rings (SSSR count). The maximum absolute atomic E-state index is 4.51. The van der Waals surface area contributed by atoms with Crippen molar-refractivity contribution in [3.63, 3.8) is 0 Å². The van der Waals surface area contributed by atoms with Gasteiger partial charge in [-0.2, -0.15) is 0 Å². The molecule has 0 amide bonds. The predicted molar refractivity (Wildman–Crippen MR) is 106 cm³/mol. The van der Waals surface area contributed by atoms with Crippen molar-refractivity contribution in [1.29, 1.82) is 0 Å². The fourth-order valence-electron chi connectivity index (χ4n) is 3.68. The molecule has 4 atom stereocenters. The van der Waals surface area contributed by atoms with Crippen LogP contribution < -0.4 is 16.0 Å². The van der Waals surface area contributed by atoms with E-state index in [-0.39, 0.29) is 0 Å². The van der Waals surface area contributed by atoms with Gasteiger partial charge in [-0.1, -0.05) is 30.4 Å². The van der Waals surface area contributed by atoms with Crippen LogP contribution in [-0.4, -0.2) is 54.2 Å². The number of fused-ring (bicyclic) bond motifs is 1. The van der Waals surface area contributed by atoms with Crippen molar-refractivity contribution < 1.29 is 0 Å². The maximum atomic E-state index is 4.51. The van der Waals surface area contributed by atoms with Gasteiger partial charge in [0.1, 0.15) is 0 Å². The SMILES string of the molecule is C1=CNC(CNCCN(Cc2ccccn2)CC2C=CC3CC3N2)C=C1. The van der Waals surface area contributed by atoms with Crippen LogP contribution in [0, 0.1) is 5.92 Å². The normalized spacial score (nSPS) is 28.8. The third-order valence-electron chi connectivity index (χ3n) is 5.26. The van der Waals surface area contributed by atoms with Crippen molar-refractivity contribution in [2.45, 2.75) is 31.1 Å². The number of allylic oxidation sites excluding steroid dienone is 2. The molecule has 4 unspecified atom stereocenters. The fourth-order valence-corrected chi connectivity index (χ4v) is 3.68. The molecule has 1 aromatic rings. The Morgan fingerprint density at radius 2 is 2.15 bits per heavy atom. The minimum atomic E-state index is 0.388. The summed E-state index contributed by atoms with van der Waals surface area (Å²) in [6, 6.07) is 7.73. The molecule has 1 aliphatic carbocycles. The molecule has 1 aromatic heterocycles. The summed E-state index contributed by atoms with van der Waals surface area (Å²) in [4.78, 5) is 7.01. The van der Waals surface area contributed by atoms with Crippen LogP contribution in [0.15, 0.2) is 61.0 Å². The summed E-state index contributed by atoms with van der Waals surface area (Å²) in [7, 11) is 0. The van der Waals surface area contributed by atoms with Crippen LogP contribution in [0.1, 0.15) is 12.1 Å². The van der Waals surface area contributed by atoms with E-state index in [0.29, 0.717) is 12.1 Å². The summed E-state index contributed by atoms with van der Waals surface area (Å²) in [6.07, 6.45) is 16.3. The third-order valence-corrected chi connectivity index (χ3v) is 5.26. The number of dihydropyridines is 1. The van der Waals surface area contributed by atoms with E-state index in [1.165, 1.54) is 6.42 Å². The van der Waals surface area contributed by atoms with Crippen molar-refractivity contribution in [2.75, 3.05) is 26.2 Å². The summed E-state index contributed by atoms with van der Waals surface area (Å²) >= 11 is 0. The number of hydrogen-bond donors (Lipinski definition) is 3. The van der Waals surface area contributed by atoms with Crippen LogP contribution >= 0.6 is 0 Å². The lowest BCUT2D eigenvalue weighted by atomic mass is 10.1. The Labute approximate surface area is 156 Å². The van der Waals surface area contributed by atoms with Crippen LogP contribution in [0.3, 0.4) is 0 Å². The minimum absolute atomic E-state index is 0.388. The highest BCUT2D eigenvalue weighted by atomic mass is 15.2. The number of hydrogen-bond acceptors (Lipinski definition) is 5. The van der Waals surface area contributed by atoms with E-state index < -0.39 is 0 Å². The summed E-state index contributed by atoms with van der Waals surface area (Å²) < 4.78 is 0. The van der Waals surface area contributed by atoms with Crippen LogP contribution in [-0.2, 0) is 6.54 Å². The first kappa shape index (κ1) is 17.5. The van der Waals surface area contributed by atoms with Crippen molar-refractivity contribution in [1.82, 2.24) is 25.8 Å². The highest BCUT2D eigenvalue weighted by Gasteiger charge is 2.38. The van der Waals surface area contributed by atoms with Gasteiger partial charge in [-0.05, 0) is 36.7 Å². The molecule has 3 N–H and O–H groups in total. The lowest BCUT2D eigenvalue weighted by molar-refractivity contribution is 0.242. The lowest BCUT2D eigenvalue weighted by Crippen LogP contribution is -2.45. The molecule has 0 spiro atoms. The van der Waals surface area contributed by atoms with Gasteiger partial charge in [0.25, 0.3) is 0 Å². The van der Waals surface area contributed by atoms with Crippen LogP contribution in [0.4, 0.5) is 0 Å². The van der Waals surface area contributed by atoms with Crippen molar-refractivity contribution in [3.05, 3.63) is 66.7 Å². The second-order valence-corrected chi connectivity index (χ2v) is 7.44. The van der Waals surface area contributed by atoms with Gasteiger partial charge in [0, 0.05) is 51.0 Å². The van der Waals surface area contributed by atoms with E-state index in [1.807, 2.05) is 24.5 Å². The summed E-state index contributed by atoms with van der Waals surface area (Å²) in [5.41, 5.74) is 1.14. The van der Waals surface area contributed by atoms with E-state index in [0.717, 1.165) is 50.4 Å². The van der Waals surface area contributed by atoms with Crippen molar-refractivity contribution in [2.24, 2.45) is 5.92 Å². The van der Waals surface area contributed by atoms with E-state index in [4.69, 9.17) is 0 Å². The molecule has 5 heteroatoms. The average molecular weight is 351 g/mol. The molecule has 2 aliphatic heterocycles. The summed E-state index contributed by atoms with van der Waals surface area (Å²) in [5.74, 6) is 0.794. The number of nitrogens with one attached hydrogen (secondary N) is 3. The van der Waals surface area contributed by atoms with Crippen LogP contribution in [0.25, 0.3) is 0 Å². The Kier molecular flexibility index (Phi) is 5.79. The van der Waals surface area contributed by atoms with E-state index >= 15 is 0 Å². The number of rotatable bonds is 9. The molecule has 3 aliphatic rings. The molecule has 0 radical (unpaired) electrons. The second-order valence-electron chi connectivity index (χ2n) is 7.44. The zero-order chi connectivity index (χ0) is 17.6.